The van der Waals surface area contributed by atoms with Gasteiger partial charge in [0.2, 0.25) is 11.2 Å². The minimum absolute atomic E-state index is 0.108. The first-order valence-corrected chi connectivity index (χ1v) is 10.3. The fourth-order valence-electron chi connectivity index (χ4n) is 3.35. The monoisotopic (exact) mass is 388 g/mol. The van der Waals surface area contributed by atoms with Crippen molar-refractivity contribution in [2.75, 3.05) is 31.1 Å². The van der Waals surface area contributed by atoms with E-state index >= 15 is 0 Å². The molecule has 1 unspecified atom stereocenters. The number of carbonyl (C=O) groups is 1. The highest BCUT2D eigenvalue weighted by atomic mass is 32.1. The quantitative estimate of drug-likeness (QED) is 0.847. The zero-order valence-corrected chi connectivity index (χ0v) is 16.2. The molecule has 0 radical (unpaired) electrons. The lowest BCUT2D eigenvalue weighted by Crippen LogP contribution is -2.46. The van der Waals surface area contributed by atoms with Crippen LogP contribution in [-0.4, -0.2) is 48.4 Å². The van der Waals surface area contributed by atoms with E-state index in [1.807, 2.05) is 24.3 Å². The number of fused-ring (bicyclic) bond motifs is 1. The van der Waals surface area contributed by atoms with Crippen LogP contribution in [0.1, 0.15) is 24.8 Å². The van der Waals surface area contributed by atoms with E-state index in [0.717, 1.165) is 42.5 Å². The molecule has 1 saturated heterocycles. The van der Waals surface area contributed by atoms with Crippen LogP contribution in [0, 0.1) is 5.92 Å². The van der Waals surface area contributed by atoms with Gasteiger partial charge in [-0.05, 0) is 37.3 Å². The van der Waals surface area contributed by atoms with E-state index in [1.54, 1.807) is 11.3 Å². The highest BCUT2D eigenvalue weighted by molar-refractivity contribution is 7.15. The van der Waals surface area contributed by atoms with Crippen molar-refractivity contribution >= 4 is 22.4 Å². The number of para-hydroxylation sites is 2. The zero-order valence-electron chi connectivity index (χ0n) is 15.4. The maximum Gasteiger partial charge on any atom is 0.264 e. The Hall–Kier alpha value is -2.35. The summed E-state index contributed by atoms with van der Waals surface area (Å²) in [5, 5.41) is 13.6. The second-order valence-electron chi connectivity index (χ2n) is 6.87. The van der Waals surface area contributed by atoms with Crippen LogP contribution >= 0.6 is 11.3 Å². The third-order valence-electron chi connectivity index (χ3n) is 5.01. The van der Waals surface area contributed by atoms with Crippen LogP contribution in [0.25, 0.3) is 0 Å². The van der Waals surface area contributed by atoms with Gasteiger partial charge >= 0.3 is 0 Å². The number of nitrogens with zero attached hydrogens (tertiary/aromatic N) is 3. The van der Waals surface area contributed by atoms with E-state index in [-0.39, 0.29) is 12.5 Å². The first kappa shape index (κ1) is 18.0. The lowest BCUT2D eigenvalue weighted by Gasteiger charge is -2.32. The van der Waals surface area contributed by atoms with Gasteiger partial charge in [-0.1, -0.05) is 30.4 Å². The van der Waals surface area contributed by atoms with Crippen LogP contribution in [0.4, 0.5) is 5.13 Å². The van der Waals surface area contributed by atoms with E-state index in [4.69, 9.17) is 9.47 Å². The minimum Gasteiger partial charge on any atom is -0.485 e. The fourth-order valence-corrected chi connectivity index (χ4v) is 4.18. The number of benzene rings is 1. The van der Waals surface area contributed by atoms with E-state index in [2.05, 4.69) is 27.3 Å². The number of nitrogens with one attached hydrogen (secondary N) is 1. The average molecular weight is 388 g/mol. The number of carbonyl (C=O) groups excluding carboxylic acids is 1. The lowest BCUT2D eigenvalue weighted by molar-refractivity contribution is -0.130. The number of anilines is 1. The molecule has 8 heteroatoms. The van der Waals surface area contributed by atoms with Crippen LogP contribution in [0.3, 0.4) is 0 Å². The highest BCUT2D eigenvalue weighted by Gasteiger charge is 2.28. The topological polar surface area (TPSA) is 76.6 Å². The summed E-state index contributed by atoms with van der Waals surface area (Å²) in [4.78, 5) is 14.7. The maximum absolute atomic E-state index is 12.4. The van der Waals surface area contributed by atoms with Crippen molar-refractivity contribution < 1.29 is 14.3 Å². The van der Waals surface area contributed by atoms with Crippen LogP contribution in [-0.2, 0) is 11.2 Å². The van der Waals surface area contributed by atoms with Crippen molar-refractivity contribution in [3.8, 4) is 11.5 Å². The number of aryl methyl sites for hydroxylation is 1. The molecule has 2 aliphatic heterocycles. The SMILES string of the molecule is CCc1nnc(N2CCC(CNC(=O)C3COc4ccccc4O3)CC2)s1. The predicted octanol–water partition coefficient (Wildman–Crippen LogP) is 2.27. The van der Waals surface area contributed by atoms with Crippen molar-refractivity contribution in [1.82, 2.24) is 15.5 Å². The molecule has 7 nitrogen and oxygen atoms in total. The van der Waals surface area contributed by atoms with Crippen LogP contribution in [0.15, 0.2) is 24.3 Å². The van der Waals surface area contributed by atoms with Gasteiger partial charge in [-0.2, -0.15) is 0 Å². The molecule has 144 valence electrons. The number of piperidine rings is 1. The zero-order chi connectivity index (χ0) is 18.6. The summed E-state index contributed by atoms with van der Waals surface area (Å²) < 4.78 is 11.4. The van der Waals surface area contributed by atoms with Gasteiger partial charge in [0.25, 0.3) is 5.91 Å². The summed E-state index contributed by atoms with van der Waals surface area (Å²) in [7, 11) is 0. The van der Waals surface area contributed by atoms with Gasteiger partial charge in [0, 0.05) is 19.6 Å². The molecule has 1 aromatic heterocycles. The number of amides is 1. The Bertz CT molecular complexity index is 789. The van der Waals surface area contributed by atoms with Crippen molar-refractivity contribution in [2.24, 2.45) is 5.92 Å². The van der Waals surface area contributed by atoms with E-state index in [1.165, 1.54) is 0 Å². The van der Waals surface area contributed by atoms with Gasteiger partial charge in [0.1, 0.15) is 11.6 Å². The second kappa shape index (κ2) is 8.12. The number of ether oxygens (including phenoxy) is 2. The minimum atomic E-state index is -0.589. The molecular formula is C19H24N4O3S. The van der Waals surface area contributed by atoms with Gasteiger partial charge < -0.3 is 19.7 Å². The molecule has 0 spiro atoms. The van der Waals surface area contributed by atoms with Crippen LogP contribution in [0.5, 0.6) is 11.5 Å². The number of hydrogen-bond acceptors (Lipinski definition) is 7. The third kappa shape index (κ3) is 4.16. The standard InChI is InChI=1S/C19H24N4O3S/c1-2-17-21-22-19(27-17)23-9-7-13(8-10-23)11-20-18(24)16-12-25-14-5-3-4-6-15(14)26-16/h3-6,13,16H,2,7-12H2,1H3,(H,20,24). The van der Waals surface area contributed by atoms with Crippen molar-refractivity contribution in [2.45, 2.75) is 32.3 Å². The Morgan fingerprint density at radius 3 is 2.78 bits per heavy atom. The summed E-state index contributed by atoms with van der Waals surface area (Å²) in [6, 6.07) is 7.43. The molecular weight excluding hydrogens is 364 g/mol. The van der Waals surface area contributed by atoms with Crippen molar-refractivity contribution in [3.05, 3.63) is 29.3 Å². The Labute approximate surface area is 162 Å². The molecule has 3 heterocycles. The van der Waals surface area contributed by atoms with E-state index in [0.29, 0.717) is 24.0 Å². The average Bonchev–Trinajstić information content (AvgIpc) is 3.21. The van der Waals surface area contributed by atoms with Crippen molar-refractivity contribution in [1.29, 1.82) is 0 Å². The van der Waals surface area contributed by atoms with Gasteiger partial charge in [-0.25, -0.2) is 0 Å². The van der Waals surface area contributed by atoms with Crippen LogP contribution < -0.4 is 19.7 Å². The third-order valence-corrected chi connectivity index (χ3v) is 6.14. The molecule has 4 rings (SSSR count). The van der Waals surface area contributed by atoms with E-state index < -0.39 is 6.10 Å². The summed E-state index contributed by atoms with van der Waals surface area (Å²) in [5.41, 5.74) is 0. The Balaban J connectivity index is 1.22. The Morgan fingerprint density at radius 2 is 2.04 bits per heavy atom. The predicted molar refractivity (Wildman–Crippen MR) is 104 cm³/mol. The maximum atomic E-state index is 12.4. The molecule has 1 aromatic carbocycles. The summed E-state index contributed by atoms with van der Waals surface area (Å²) >= 11 is 1.68. The second-order valence-corrected chi connectivity index (χ2v) is 7.91. The van der Waals surface area contributed by atoms with Gasteiger partial charge in [-0.15, -0.1) is 10.2 Å². The normalized spacial score (nSPS) is 19.7. The largest absolute Gasteiger partial charge is 0.485 e. The molecule has 1 N–H and O–H groups in total. The summed E-state index contributed by atoms with van der Waals surface area (Å²) in [6.45, 7) is 4.92. The smallest absolute Gasteiger partial charge is 0.264 e. The molecule has 1 atom stereocenters. The van der Waals surface area contributed by atoms with Crippen LogP contribution in [0.2, 0.25) is 0 Å². The fraction of sp³-hybridized carbons (Fsp3) is 0.526. The molecule has 1 fully saturated rings. The first-order chi connectivity index (χ1) is 13.2. The molecule has 27 heavy (non-hydrogen) atoms. The number of hydrogen-bond donors (Lipinski definition) is 1. The number of aromatic nitrogens is 2. The summed E-state index contributed by atoms with van der Waals surface area (Å²) in [5.74, 6) is 1.68. The molecule has 0 bridgehead atoms. The van der Waals surface area contributed by atoms with Gasteiger partial charge in [-0.3, -0.25) is 4.79 Å². The summed E-state index contributed by atoms with van der Waals surface area (Å²) in [6.07, 6.45) is 2.41. The van der Waals surface area contributed by atoms with Crippen molar-refractivity contribution in [3.63, 3.8) is 0 Å². The molecule has 2 aromatic rings. The Kier molecular flexibility index (Phi) is 5.42. The molecule has 0 saturated carbocycles. The molecule has 0 aliphatic carbocycles. The lowest BCUT2D eigenvalue weighted by atomic mass is 9.97. The van der Waals surface area contributed by atoms with Gasteiger partial charge in [0.05, 0.1) is 0 Å². The molecule has 2 aliphatic rings. The highest BCUT2D eigenvalue weighted by Crippen LogP contribution is 2.31. The first-order valence-electron chi connectivity index (χ1n) is 9.46. The Morgan fingerprint density at radius 1 is 1.26 bits per heavy atom. The van der Waals surface area contributed by atoms with E-state index in [9.17, 15) is 4.79 Å². The number of rotatable bonds is 5. The molecule has 1 amide bonds. The van der Waals surface area contributed by atoms with Gasteiger partial charge in [0.15, 0.2) is 11.5 Å².